The molecule has 2 heterocycles. The van der Waals surface area contributed by atoms with Gasteiger partial charge in [0.25, 0.3) is 0 Å². The predicted octanol–water partition coefficient (Wildman–Crippen LogP) is 2.62. The Morgan fingerprint density at radius 3 is 2.39 bits per heavy atom. The number of pyridine rings is 1. The maximum atomic E-state index is 13.0. The Morgan fingerprint density at radius 2 is 1.77 bits per heavy atom. The van der Waals surface area contributed by atoms with Crippen LogP contribution in [0, 0.1) is 11.3 Å². The molecule has 1 unspecified atom stereocenters. The normalized spacial score (nSPS) is 18.1. The molecule has 166 valence electrons. The van der Waals surface area contributed by atoms with E-state index in [2.05, 4.69) is 11.1 Å². The number of alkyl halides is 3. The number of rotatable bonds is 4. The van der Waals surface area contributed by atoms with E-state index >= 15 is 0 Å². The van der Waals surface area contributed by atoms with Crippen LogP contribution in [-0.4, -0.2) is 55.2 Å². The zero-order valence-electron chi connectivity index (χ0n) is 16.7. The van der Waals surface area contributed by atoms with E-state index in [1.807, 2.05) is 4.90 Å². The molecule has 11 heteroatoms. The molecule has 0 aliphatic carbocycles. The van der Waals surface area contributed by atoms with E-state index in [9.17, 15) is 32.0 Å². The molecule has 3 rings (SSSR count). The van der Waals surface area contributed by atoms with Crippen molar-refractivity contribution in [1.29, 1.82) is 5.26 Å². The standard InChI is InChI=1S/C20H21F3N4O3S/c1-19(28,20(21,22)23)16-5-7-17(8-6-16)31(29,30)27-11-3-10-26(12-13-27)18-15(14-24)4-2-9-25-18/h2,4-9,28H,3,10-13H2,1H3. The highest BCUT2D eigenvalue weighted by atomic mass is 32.2. The molecule has 1 atom stereocenters. The Morgan fingerprint density at radius 1 is 1.10 bits per heavy atom. The number of nitrogens with zero attached hydrogens (tertiary/aromatic N) is 4. The fourth-order valence-electron chi connectivity index (χ4n) is 3.35. The Balaban J connectivity index is 1.79. The number of anilines is 1. The van der Waals surface area contributed by atoms with Gasteiger partial charge in [0.15, 0.2) is 5.60 Å². The molecular formula is C20H21F3N4O3S. The molecule has 1 aromatic heterocycles. The molecule has 1 fully saturated rings. The van der Waals surface area contributed by atoms with Crippen molar-refractivity contribution in [2.75, 3.05) is 31.1 Å². The second kappa shape index (κ2) is 8.45. The highest BCUT2D eigenvalue weighted by molar-refractivity contribution is 7.89. The van der Waals surface area contributed by atoms with E-state index in [1.165, 1.54) is 4.31 Å². The van der Waals surface area contributed by atoms with Gasteiger partial charge in [-0.05, 0) is 43.2 Å². The van der Waals surface area contributed by atoms with Crippen molar-refractivity contribution in [2.24, 2.45) is 0 Å². The molecule has 1 N–H and O–H groups in total. The van der Waals surface area contributed by atoms with Crippen molar-refractivity contribution in [3.05, 3.63) is 53.7 Å². The van der Waals surface area contributed by atoms with Gasteiger partial charge in [-0.1, -0.05) is 12.1 Å². The lowest BCUT2D eigenvalue weighted by molar-refractivity contribution is -0.258. The van der Waals surface area contributed by atoms with Crippen LogP contribution in [0.25, 0.3) is 0 Å². The van der Waals surface area contributed by atoms with Crippen LogP contribution in [-0.2, 0) is 15.6 Å². The number of nitriles is 1. The van der Waals surface area contributed by atoms with Gasteiger partial charge in [-0.2, -0.15) is 22.7 Å². The minimum Gasteiger partial charge on any atom is -0.376 e. The van der Waals surface area contributed by atoms with Crippen LogP contribution in [0.3, 0.4) is 0 Å². The summed E-state index contributed by atoms with van der Waals surface area (Å²) in [4.78, 5) is 5.92. The van der Waals surface area contributed by atoms with Gasteiger partial charge in [0, 0.05) is 32.4 Å². The fraction of sp³-hybridized carbons (Fsp3) is 0.400. The van der Waals surface area contributed by atoms with Crippen LogP contribution < -0.4 is 4.90 Å². The van der Waals surface area contributed by atoms with Crippen LogP contribution in [0.1, 0.15) is 24.5 Å². The van der Waals surface area contributed by atoms with Gasteiger partial charge in [0.2, 0.25) is 10.0 Å². The first-order chi connectivity index (χ1) is 14.5. The topological polar surface area (TPSA) is 97.5 Å². The van der Waals surface area contributed by atoms with Crippen molar-refractivity contribution in [3.8, 4) is 6.07 Å². The third-order valence-corrected chi connectivity index (χ3v) is 7.18. The lowest BCUT2D eigenvalue weighted by Crippen LogP contribution is -2.39. The van der Waals surface area contributed by atoms with Crippen LogP contribution in [0.4, 0.5) is 19.0 Å². The minimum atomic E-state index is -4.89. The second-order valence-electron chi connectivity index (χ2n) is 7.33. The molecule has 0 bridgehead atoms. The van der Waals surface area contributed by atoms with Crippen molar-refractivity contribution >= 4 is 15.8 Å². The first-order valence-corrected chi connectivity index (χ1v) is 10.9. The molecule has 2 aromatic rings. The van der Waals surface area contributed by atoms with Gasteiger partial charge in [0.05, 0.1) is 10.5 Å². The SMILES string of the molecule is CC(O)(c1ccc(S(=O)(=O)N2CCCN(c3ncccc3C#N)CC2)cc1)C(F)(F)F. The summed E-state index contributed by atoms with van der Waals surface area (Å²) >= 11 is 0. The number of aromatic nitrogens is 1. The maximum Gasteiger partial charge on any atom is 0.421 e. The number of halogens is 3. The van der Waals surface area contributed by atoms with Crippen LogP contribution in [0.5, 0.6) is 0 Å². The second-order valence-corrected chi connectivity index (χ2v) is 9.26. The Kier molecular flexibility index (Phi) is 6.27. The maximum absolute atomic E-state index is 13.0. The summed E-state index contributed by atoms with van der Waals surface area (Å²) in [5.41, 5.74) is -3.13. The van der Waals surface area contributed by atoms with E-state index < -0.39 is 27.4 Å². The van der Waals surface area contributed by atoms with Gasteiger partial charge in [-0.15, -0.1) is 0 Å². The summed E-state index contributed by atoms with van der Waals surface area (Å²) in [7, 11) is -3.95. The van der Waals surface area contributed by atoms with Gasteiger partial charge in [-0.3, -0.25) is 0 Å². The molecule has 1 aliphatic heterocycles. The zero-order valence-corrected chi connectivity index (χ0v) is 17.5. The fourth-order valence-corrected chi connectivity index (χ4v) is 4.82. The molecule has 0 amide bonds. The number of benzene rings is 1. The summed E-state index contributed by atoms with van der Waals surface area (Å²) in [6.45, 7) is 1.78. The molecule has 7 nitrogen and oxygen atoms in total. The summed E-state index contributed by atoms with van der Waals surface area (Å²) in [5, 5.41) is 19.0. The quantitative estimate of drug-likeness (QED) is 0.763. The third-order valence-electron chi connectivity index (χ3n) is 5.27. The van der Waals surface area contributed by atoms with E-state index in [4.69, 9.17) is 0 Å². The van der Waals surface area contributed by atoms with E-state index in [0.29, 0.717) is 37.8 Å². The summed E-state index contributed by atoms with van der Waals surface area (Å²) in [6, 6.07) is 9.44. The Bertz CT molecular complexity index is 1080. The Labute approximate surface area is 178 Å². The molecule has 0 radical (unpaired) electrons. The van der Waals surface area contributed by atoms with E-state index in [1.54, 1.807) is 18.3 Å². The van der Waals surface area contributed by atoms with Crippen LogP contribution in [0.2, 0.25) is 0 Å². The highest BCUT2D eigenvalue weighted by Crippen LogP contribution is 2.38. The summed E-state index contributed by atoms with van der Waals surface area (Å²) in [5.74, 6) is 0.489. The lowest BCUT2D eigenvalue weighted by atomic mass is 9.96. The van der Waals surface area contributed by atoms with Crippen molar-refractivity contribution in [2.45, 2.75) is 30.0 Å². The van der Waals surface area contributed by atoms with Gasteiger partial charge in [0.1, 0.15) is 11.9 Å². The lowest BCUT2D eigenvalue weighted by Gasteiger charge is -2.27. The number of aliphatic hydroxyl groups is 1. The zero-order chi connectivity index (χ0) is 22.9. The molecular weight excluding hydrogens is 433 g/mol. The molecule has 1 saturated heterocycles. The molecule has 31 heavy (non-hydrogen) atoms. The van der Waals surface area contributed by atoms with Gasteiger partial charge < -0.3 is 10.0 Å². The third kappa shape index (κ3) is 4.51. The number of hydrogen-bond donors (Lipinski definition) is 1. The number of hydrogen-bond acceptors (Lipinski definition) is 6. The van der Waals surface area contributed by atoms with Crippen molar-refractivity contribution in [1.82, 2.24) is 9.29 Å². The number of sulfonamides is 1. The predicted molar refractivity (Wildman–Crippen MR) is 107 cm³/mol. The highest BCUT2D eigenvalue weighted by Gasteiger charge is 2.51. The molecule has 0 saturated carbocycles. The van der Waals surface area contributed by atoms with Gasteiger partial charge in [-0.25, -0.2) is 13.4 Å². The smallest absolute Gasteiger partial charge is 0.376 e. The van der Waals surface area contributed by atoms with Crippen molar-refractivity contribution in [3.63, 3.8) is 0 Å². The molecule has 1 aliphatic rings. The monoisotopic (exact) mass is 454 g/mol. The first-order valence-electron chi connectivity index (χ1n) is 9.48. The first kappa shape index (κ1) is 23.0. The average Bonchev–Trinajstić information content (AvgIpc) is 2.99. The Hall–Kier alpha value is -2.68. The summed E-state index contributed by atoms with van der Waals surface area (Å²) in [6.07, 6.45) is -2.84. The van der Waals surface area contributed by atoms with Crippen LogP contribution in [0.15, 0.2) is 47.5 Å². The van der Waals surface area contributed by atoms with E-state index in [-0.39, 0.29) is 18.0 Å². The van der Waals surface area contributed by atoms with Gasteiger partial charge >= 0.3 is 6.18 Å². The largest absolute Gasteiger partial charge is 0.421 e. The van der Waals surface area contributed by atoms with Crippen molar-refractivity contribution < 1.29 is 26.7 Å². The average molecular weight is 454 g/mol. The minimum absolute atomic E-state index is 0.131. The van der Waals surface area contributed by atoms with E-state index in [0.717, 1.165) is 24.3 Å². The van der Waals surface area contributed by atoms with Crippen LogP contribution >= 0.6 is 0 Å². The summed E-state index contributed by atoms with van der Waals surface area (Å²) < 4.78 is 66.3. The molecule has 1 aromatic carbocycles. The molecule has 0 spiro atoms.